The highest BCUT2D eigenvalue weighted by Gasteiger charge is 2.54. The zero-order chi connectivity index (χ0) is 16.4. The molecule has 126 valence electrons. The van der Waals surface area contributed by atoms with Crippen LogP contribution in [0.3, 0.4) is 0 Å². The predicted molar refractivity (Wildman–Crippen MR) is 83.8 cm³/mol. The predicted octanol–water partition coefficient (Wildman–Crippen LogP) is 1.63. The van der Waals surface area contributed by atoms with E-state index in [0.717, 1.165) is 30.0 Å². The van der Waals surface area contributed by atoms with Crippen LogP contribution < -0.4 is 9.47 Å². The Balaban J connectivity index is 1.84. The molecule has 1 N–H and O–H groups in total. The number of hydrogen-bond acceptors (Lipinski definition) is 5. The van der Waals surface area contributed by atoms with Gasteiger partial charge in [0.1, 0.15) is 16.9 Å². The molecule has 1 aromatic carbocycles. The summed E-state index contributed by atoms with van der Waals surface area (Å²) < 4.78 is 16.4. The molecule has 0 aromatic heterocycles. The fourth-order valence-electron chi connectivity index (χ4n) is 3.82. The molecule has 1 aromatic rings. The van der Waals surface area contributed by atoms with Gasteiger partial charge in [0.25, 0.3) is 0 Å². The van der Waals surface area contributed by atoms with Crippen molar-refractivity contribution in [3.63, 3.8) is 0 Å². The van der Waals surface area contributed by atoms with Crippen molar-refractivity contribution in [3.05, 3.63) is 23.8 Å². The summed E-state index contributed by atoms with van der Waals surface area (Å²) in [5.41, 5.74) is 0.172. The number of likely N-dealkylation sites (tertiary alicyclic amines) is 1. The number of hydrogen-bond donors (Lipinski definition) is 1. The maximum absolute atomic E-state index is 11.8. The van der Waals surface area contributed by atoms with Crippen molar-refractivity contribution in [1.29, 1.82) is 0 Å². The Morgan fingerprint density at radius 1 is 1.39 bits per heavy atom. The van der Waals surface area contributed by atoms with Gasteiger partial charge in [0.15, 0.2) is 0 Å². The highest BCUT2D eigenvalue weighted by molar-refractivity contribution is 5.76. The van der Waals surface area contributed by atoms with Gasteiger partial charge in [-0.1, -0.05) is 6.07 Å². The third-order valence-corrected chi connectivity index (χ3v) is 5.07. The molecule has 6 heteroatoms. The molecule has 0 aliphatic carbocycles. The largest absolute Gasteiger partial charge is 0.496 e. The third-order valence-electron chi connectivity index (χ3n) is 5.07. The van der Waals surface area contributed by atoms with Gasteiger partial charge < -0.3 is 19.3 Å². The van der Waals surface area contributed by atoms with E-state index >= 15 is 0 Å². The van der Waals surface area contributed by atoms with Crippen molar-refractivity contribution in [1.82, 2.24) is 4.90 Å². The van der Waals surface area contributed by atoms with E-state index in [1.54, 1.807) is 14.2 Å². The maximum atomic E-state index is 11.8. The molecular formula is C17H23NO5. The molecular weight excluding hydrogens is 298 g/mol. The minimum atomic E-state index is -0.784. The number of nitrogens with zero attached hydrogens (tertiary/aromatic N) is 1. The number of fused-ring (bicyclic) bond motifs is 1. The molecule has 6 nitrogen and oxygen atoms in total. The summed E-state index contributed by atoms with van der Waals surface area (Å²) in [7, 11) is 3.27. The van der Waals surface area contributed by atoms with E-state index in [1.807, 2.05) is 18.2 Å². The van der Waals surface area contributed by atoms with Crippen molar-refractivity contribution < 1.29 is 24.1 Å². The average Bonchev–Trinajstić information content (AvgIpc) is 2.94. The van der Waals surface area contributed by atoms with Crippen LogP contribution in [-0.4, -0.2) is 56.5 Å². The molecule has 0 saturated carbocycles. The topological polar surface area (TPSA) is 68.2 Å². The van der Waals surface area contributed by atoms with E-state index in [9.17, 15) is 9.90 Å². The summed E-state index contributed by atoms with van der Waals surface area (Å²) in [5.74, 6) is 0.908. The summed E-state index contributed by atoms with van der Waals surface area (Å²) in [6.45, 7) is 2.81. The van der Waals surface area contributed by atoms with Crippen molar-refractivity contribution in [2.24, 2.45) is 11.3 Å². The van der Waals surface area contributed by atoms with Gasteiger partial charge >= 0.3 is 5.97 Å². The Morgan fingerprint density at radius 2 is 2.09 bits per heavy atom. The van der Waals surface area contributed by atoms with Gasteiger partial charge in [0, 0.05) is 26.2 Å². The van der Waals surface area contributed by atoms with Gasteiger partial charge in [-0.3, -0.25) is 9.69 Å². The van der Waals surface area contributed by atoms with Crippen LogP contribution in [0.25, 0.3) is 0 Å². The van der Waals surface area contributed by atoms with Crippen molar-refractivity contribution in [2.45, 2.75) is 13.0 Å². The van der Waals surface area contributed by atoms with Crippen LogP contribution in [0.2, 0.25) is 0 Å². The molecule has 0 bridgehead atoms. The normalized spacial score (nSPS) is 27.5. The van der Waals surface area contributed by atoms with Gasteiger partial charge in [-0.05, 0) is 24.5 Å². The Morgan fingerprint density at radius 3 is 2.65 bits per heavy atom. The molecule has 23 heavy (non-hydrogen) atoms. The lowest BCUT2D eigenvalue weighted by atomic mass is 9.76. The van der Waals surface area contributed by atoms with Crippen molar-refractivity contribution >= 4 is 5.97 Å². The first-order valence-corrected chi connectivity index (χ1v) is 7.84. The van der Waals surface area contributed by atoms with Gasteiger partial charge in [0.05, 0.1) is 26.4 Å². The molecule has 2 fully saturated rings. The highest BCUT2D eigenvalue weighted by Crippen LogP contribution is 2.43. The van der Waals surface area contributed by atoms with Crippen molar-refractivity contribution in [2.75, 3.05) is 40.5 Å². The second-order valence-electron chi connectivity index (χ2n) is 6.31. The lowest BCUT2D eigenvalue weighted by molar-refractivity contribution is -0.159. The summed E-state index contributed by atoms with van der Waals surface area (Å²) in [6.07, 6.45) is 0.797. The number of carbonyl (C=O) groups is 1. The smallest absolute Gasteiger partial charge is 0.313 e. The SMILES string of the molecule is COc1cccc(OC)c1CN1C[C@@H]2CCOC[C@]2(C(=O)O)C1. The first-order valence-electron chi connectivity index (χ1n) is 7.84. The van der Waals surface area contributed by atoms with Crippen LogP contribution >= 0.6 is 0 Å². The first kappa shape index (κ1) is 16.1. The number of aliphatic carboxylic acids is 1. The molecule has 0 spiro atoms. The summed E-state index contributed by atoms with van der Waals surface area (Å²) >= 11 is 0. The molecule has 0 amide bonds. The highest BCUT2D eigenvalue weighted by atomic mass is 16.5. The zero-order valence-electron chi connectivity index (χ0n) is 13.6. The van der Waals surface area contributed by atoms with Crippen LogP contribution in [0.15, 0.2) is 18.2 Å². The lowest BCUT2D eigenvalue weighted by Crippen LogP contribution is -2.46. The number of carboxylic acids is 1. The number of methoxy groups -OCH3 is 2. The maximum Gasteiger partial charge on any atom is 0.313 e. The molecule has 2 heterocycles. The third kappa shape index (κ3) is 2.77. The summed E-state index contributed by atoms with van der Waals surface area (Å²) in [5, 5.41) is 9.73. The number of benzene rings is 1. The molecule has 2 saturated heterocycles. The van der Waals surface area contributed by atoms with Gasteiger partial charge in [0.2, 0.25) is 0 Å². The Labute approximate surface area is 135 Å². The van der Waals surface area contributed by atoms with E-state index in [2.05, 4.69) is 4.90 Å². The van der Waals surface area contributed by atoms with E-state index < -0.39 is 11.4 Å². The van der Waals surface area contributed by atoms with E-state index in [-0.39, 0.29) is 5.92 Å². The van der Waals surface area contributed by atoms with Crippen LogP contribution in [0.4, 0.5) is 0 Å². The molecule has 0 radical (unpaired) electrons. The molecule has 3 rings (SSSR count). The fraction of sp³-hybridized carbons (Fsp3) is 0.588. The van der Waals surface area contributed by atoms with Gasteiger partial charge in [-0.15, -0.1) is 0 Å². The van der Waals surface area contributed by atoms with E-state index in [4.69, 9.17) is 14.2 Å². The minimum Gasteiger partial charge on any atom is -0.496 e. The first-order chi connectivity index (χ1) is 11.1. The quantitative estimate of drug-likeness (QED) is 0.889. The van der Waals surface area contributed by atoms with Crippen LogP contribution in [0.5, 0.6) is 11.5 Å². The number of rotatable bonds is 5. The van der Waals surface area contributed by atoms with Crippen molar-refractivity contribution in [3.8, 4) is 11.5 Å². The van der Waals surface area contributed by atoms with Crippen LogP contribution in [0, 0.1) is 11.3 Å². The van der Waals surface area contributed by atoms with E-state index in [0.29, 0.717) is 26.3 Å². The Hall–Kier alpha value is -1.79. The fourth-order valence-corrected chi connectivity index (χ4v) is 3.82. The monoisotopic (exact) mass is 321 g/mol. The molecule has 2 atom stereocenters. The molecule has 2 aliphatic rings. The standard InChI is InChI=1S/C17H23NO5/c1-21-14-4-3-5-15(22-2)13(14)9-18-8-12-6-7-23-11-17(12,10-18)16(19)20/h3-5,12H,6-11H2,1-2H3,(H,19,20)/t12-,17+/m0/s1. The van der Waals surface area contributed by atoms with Gasteiger partial charge in [-0.25, -0.2) is 0 Å². The minimum absolute atomic E-state index is 0.134. The van der Waals surface area contributed by atoms with E-state index in [1.165, 1.54) is 0 Å². The van der Waals surface area contributed by atoms with Gasteiger partial charge in [-0.2, -0.15) is 0 Å². The van der Waals surface area contributed by atoms with Crippen LogP contribution in [-0.2, 0) is 16.1 Å². The Kier molecular flexibility index (Phi) is 4.46. The summed E-state index contributed by atoms with van der Waals surface area (Å²) in [6, 6.07) is 5.69. The second-order valence-corrected chi connectivity index (χ2v) is 6.31. The second kappa shape index (κ2) is 6.37. The number of carboxylic acid groups (broad SMARTS) is 1. The Bertz CT molecular complexity index is 568. The number of ether oxygens (including phenoxy) is 3. The van der Waals surface area contributed by atoms with Crippen LogP contribution in [0.1, 0.15) is 12.0 Å². The average molecular weight is 321 g/mol. The zero-order valence-corrected chi connectivity index (χ0v) is 13.6. The molecule has 0 unspecified atom stereocenters. The lowest BCUT2D eigenvalue weighted by Gasteiger charge is -2.34. The molecule has 2 aliphatic heterocycles. The summed E-state index contributed by atoms with van der Waals surface area (Å²) in [4.78, 5) is 14.0.